The molecule has 0 atom stereocenters. The van der Waals surface area contributed by atoms with Crippen LogP contribution in [0.4, 0.5) is 5.82 Å². The predicted octanol–water partition coefficient (Wildman–Crippen LogP) is 1.60. The maximum Gasteiger partial charge on any atom is 0.358 e. The van der Waals surface area contributed by atoms with Crippen LogP contribution in [0.1, 0.15) is 35.1 Å². The minimum Gasteiger partial charge on any atom is -0.464 e. The molecule has 2 fully saturated rings. The van der Waals surface area contributed by atoms with Crippen molar-refractivity contribution in [2.75, 3.05) is 38.8 Å². The zero-order chi connectivity index (χ0) is 15.7. The van der Waals surface area contributed by atoms with E-state index in [1.807, 2.05) is 11.9 Å². The fraction of sp³-hybridized carbons (Fsp3) is 0.643. The molecule has 8 heteroatoms. The molecule has 0 radical (unpaired) electrons. The number of likely N-dealkylation sites (N-methyl/N-ethyl adjacent to an activating group) is 1. The normalized spacial score (nSPS) is 18.5. The van der Waals surface area contributed by atoms with E-state index in [0.717, 1.165) is 12.8 Å². The van der Waals surface area contributed by atoms with Gasteiger partial charge in [-0.25, -0.2) is 14.8 Å². The second-order valence-electron chi connectivity index (χ2n) is 5.39. The van der Waals surface area contributed by atoms with Gasteiger partial charge in [0.05, 0.1) is 26.9 Å². The van der Waals surface area contributed by atoms with Crippen molar-refractivity contribution in [3.8, 4) is 0 Å². The summed E-state index contributed by atoms with van der Waals surface area (Å²) < 4.78 is 15.6. The zero-order valence-corrected chi connectivity index (χ0v) is 13.3. The number of halogens is 1. The molecule has 7 nitrogen and oxygen atoms in total. The van der Waals surface area contributed by atoms with Crippen LogP contribution in [-0.4, -0.2) is 56.1 Å². The maximum absolute atomic E-state index is 11.9. The number of rotatable bonds is 5. The first-order chi connectivity index (χ1) is 10.6. The SMILES string of the molecule is COC(=O)c1nc(C2CC2)nc(N(C)CC2OCCO2)c1Cl. The number of carbonyl (C=O) groups excluding carboxylic acids is 1. The van der Waals surface area contributed by atoms with E-state index in [9.17, 15) is 4.79 Å². The van der Waals surface area contributed by atoms with Gasteiger partial charge in [0.2, 0.25) is 0 Å². The van der Waals surface area contributed by atoms with E-state index in [0.29, 0.717) is 37.3 Å². The van der Waals surface area contributed by atoms with Crippen LogP contribution in [0.5, 0.6) is 0 Å². The van der Waals surface area contributed by atoms with Crippen molar-refractivity contribution in [2.24, 2.45) is 0 Å². The largest absolute Gasteiger partial charge is 0.464 e. The van der Waals surface area contributed by atoms with E-state index in [4.69, 9.17) is 25.8 Å². The van der Waals surface area contributed by atoms with Crippen LogP contribution in [0.25, 0.3) is 0 Å². The molecule has 1 aliphatic carbocycles. The number of hydrogen-bond acceptors (Lipinski definition) is 7. The average molecular weight is 328 g/mol. The third-order valence-electron chi connectivity index (χ3n) is 3.65. The Morgan fingerprint density at radius 3 is 2.64 bits per heavy atom. The molecule has 0 aromatic carbocycles. The number of aromatic nitrogens is 2. The molecule has 1 saturated heterocycles. The summed E-state index contributed by atoms with van der Waals surface area (Å²) in [7, 11) is 3.14. The number of anilines is 1. The van der Waals surface area contributed by atoms with Gasteiger partial charge < -0.3 is 19.1 Å². The Hall–Kier alpha value is -1.44. The summed E-state index contributed by atoms with van der Waals surface area (Å²) in [5, 5.41) is 0.191. The lowest BCUT2D eigenvalue weighted by Gasteiger charge is -2.23. The van der Waals surface area contributed by atoms with Crippen LogP contribution in [0.15, 0.2) is 0 Å². The number of methoxy groups -OCH3 is 1. The van der Waals surface area contributed by atoms with Crippen LogP contribution in [0.2, 0.25) is 5.02 Å². The Balaban J connectivity index is 1.90. The molecule has 22 heavy (non-hydrogen) atoms. The third-order valence-corrected chi connectivity index (χ3v) is 4.00. The molecule has 0 bridgehead atoms. The van der Waals surface area contributed by atoms with Gasteiger partial charge in [-0.1, -0.05) is 11.6 Å². The van der Waals surface area contributed by atoms with Crippen molar-refractivity contribution in [3.05, 3.63) is 16.5 Å². The summed E-state index contributed by atoms with van der Waals surface area (Å²) in [5.74, 6) is 0.877. The van der Waals surface area contributed by atoms with Crippen molar-refractivity contribution in [2.45, 2.75) is 25.0 Å². The number of esters is 1. The summed E-state index contributed by atoms with van der Waals surface area (Å²) in [6.45, 7) is 1.63. The second-order valence-corrected chi connectivity index (χ2v) is 5.76. The molecule has 1 aromatic rings. The van der Waals surface area contributed by atoms with E-state index in [2.05, 4.69) is 9.97 Å². The van der Waals surface area contributed by atoms with Gasteiger partial charge in [0.25, 0.3) is 0 Å². The van der Waals surface area contributed by atoms with Crippen molar-refractivity contribution in [3.63, 3.8) is 0 Å². The number of ether oxygens (including phenoxy) is 3. The van der Waals surface area contributed by atoms with E-state index in [1.54, 1.807) is 0 Å². The zero-order valence-electron chi connectivity index (χ0n) is 12.5. The Labute approximate surface area is 133 Å². The Morgan fingerprint density at radius 1 is 1.36 bits per heavy atom. The molecule has 2 aliphatic rings. The van der Waals surface area contributed by atoms with E-state index < -0.39 is 5.97 Å². The highest BCUT2D eigenvalue weighted by molar-refractivity contribution is 6.35. The molecule has 1 aliphatic heterocycles. The van der Waals surface area contributed by atoms with Gasteiger partial charge in [-0.15, -0.1) is 0 Å². The van der Waals surface area contributed by atoms with Crippen LogP contribution in [0, 0.1) is 0 Å². The lowest BCUT2D eigenvalue weighted by Crippen LogP contribution is -2.31. The highest BCUT2D eigenvalue weighted by Gasteiger charge is 2.31. The second kappa shape index (κ2) is 6.36. The minimum absolute atomic E-state index is 0.108. The van der Waals surface area contributed by atoms with E-state index in [-0.39, 0.29) is 17.0 Å². The molecule has 120 valence electrons. The Morgan fingerprint density at radius 2 is 2.05 bits per heavy atom. The van der Waals surface area contributed by atoms with Gasteiger partial charge in [-0.05, 0) is 12.8 Å². The quantitative estimate of drug-likeness (QED) is 0.760. The van der Waals surface area contributed by atoms with Crippen molar-refractivity contribution in [1.82, 2.24) is 9.97 Å². The lowest BCUT2D eigenvalue weighted by atomic mass is 10.3. The Kier molecular flexibility index (Phi) is 4.46. The molecule has 1 aromatic heterocycles. The highest BCUT2D eigenvalue weighted by atomic mass is 35.5. The third kappa shape index (κ3) is 3.16. The maximum atomic E-state index is 11.9. The summed E-state index contributed by atoms with van der Waals surface area (Å²) in [6, 6.07) is 0. The van der Waals surface area contributed by atoms with Crippen molar-refractivity contribution >= 4 is 23.4 Å². The van der Waals surface area contributed by atoms with Gasteiger partial charge in [0, 0.05) is 13.0 Å². The fourth-order valence-corrected chi connectivity index (χ4v) is 2.59. The molecular formula is C14H18ClN3O4. The van der Waals surface area contributed by atoms with Gasteiger partial charge in [-0.3, -0.25) is 0 Å². The first kappa shape index (κ1) is 15.5. The monoisotopic (exact) mass is 327 g/mol. The summed E-state index contributed by atoms with van der Waals surface area (Å²) in [5.41, 5.74) is 0.108. The first-order valence-corrected chi connectivity index (χ1v) is 7.58. The number of nitrogens with zero attached hydrogens (tertiary/aromatic N) is 3. The number of carbonyl (C=O) groups is 1. The van der Waals surface area contributed by atoms with Crippen LogP contribution >= 0.6 is 11.6 Å². The van der Waals surface area contributed by atoms with Gasteiger partial charge in [0.1, 0.15) is 10.8 Å². The van der Waals surface area contributed by atoms with Crippen LogP contribution in [-0.2, 0) is 14.2 Å². The fourth-order valence-electron chi connectivity index (χ4n) is 2.28. The molecular weight excluding hydrogens is 310 g/mol. The molecule has 0 unspecified atom stereocenters. The van der Waals surface area contributed by atoms with Gasteiger partial charge in [-0.2, -0.15) is 0 Å². The minimum atomic E-state index is -0.558. The highest BCUT2D eigenvalue weighted by Crippen LogP contribution is 2.40. The summed E-state index contributed by atoms with van der Waals surface area (Å²) in [6.07, 6.45) is 1.74. The molecule has 0 spiro atoms. The average Bonchev–Trinajstić information content (AvgIpc) is 3.24. The number of hydrogen-bond donors (Lipinski definition) is 0. The van der Waals surface area contributed by atoms with Gasteiger partial charge >= 0.3 is 5.97 Å². The topological polar surface area (TPSA) is 73.8 Å². The van der Waals surface area contributed by atoms with Gasteiger partial charge in [0.15, 0.2) is 17.8 Å². The van der Waals surface area contributed by atoms with Crippen molar-refractivity contribution in [1.29, 1.82) is 0 Å². The van der Waals surface area contributed by atoms with Crippen LogP contribution < -0.4 is 4.90 Å². The standard InChI is InChI=1S/C14H18ClN3O4/c1-18(7-9-21-5-6-22-9)13-10(15)11(14(19)20-2)16-12(17-13)8-3-4-8/h8-9H,3-7H2,1-2H3. The predicted molar refractivity (Wildman–Crippen MR) is 79.3 cm³/mol. The Bertz CT molecular complexity index is 573. The molecule has 0 amide bonds. The summed E-state index contributed by atoms with van der Waals surface area (Å²) in [4.78, 5) is 22.5. The molecule has 2 heterocycles. The summed E-state index contributed by atoms with van der Waals surface area (Å²) >= 11 is 6.31. The van der Waals surface area contributed by atoms with E-state index in [1.165, 1.54) is 7.11 Å². The molecule has 3 rings (SSSR count). The lowest BCUT2D eigenvalue weighted by molar-refractivity contribution is -0.0337. The molecule has 0 N–H and O–H groups in total. The van der Waals surface area contributed by atoms with E-state index >= 15 is 0 Å². The smallest absolute Gasteiger partial charge is 0.358 e. The first-order valence-electron chi connectivity index (χ1n) is 7.20. The van der Waals surface area contributed by atoms with Crippen LogP contribution in [0.3, 0.4) is 0 Å². The molecule has 1 saturated carbocycles. The van der Waals surface area contributed by atoms with Crippen molar-refractivity contribution < 1.29 is 19.0 Å².